The first kappa shape index (κ1) is 15.5. The number of rotatable bonds is 6. The molecular formula is C15H24N2O2S. The Balaban J connectivity index is 2.05. The van der Waals surface area contributed by atoms with Gasteiger partial charge < -0.3 is 5.32 Å². The molecule has 0 spiro atoms. The molecule has 1 aromatic rings. The number of benzene rings is 1. The van der Waals surface area contributed by atoms with Crippen molar-refractivity contribution < 1.29 is 8.42 Å². The zero-order valence-corrected chi connectivity index (χ0v) is 12.9. The molecule has 4 nitrogen and oxygen atoms in total. The monoisotopic (exact) mass is 296 g/mol. The van der Waals surface area contributed by atoms with Crippen LogP contribution in [0, 0.1) is 5.92 Å². The quantitative estimate of drug-likeness (QED) is 0.846. The smallest absolute Gasteiger partial charge is 0.240 e. The van der Waals surface area contributed by atoms with Crippen molar-refractivity contribution in [3.63, 3.8) is 0 Å². The van der Waals surface area contributed by atoms with Crippen molar-refractivity contribution in [1.29, 1.82) is 0 Å². The first-order valence-corrected chi connectivity index (χ1v) is 8.84. The minimum atomic E-state index is -3.40. The van der Waals surface area contributed by atoms with Gasteiger partial charge in [0.05, 0.1) is 4.90 Å². The molecule has 0 atom stereocenters. The molecule has 0 radical (unpaired) electrons. The van der Waals surface area contributed by atoms with E-state index < -0.39 is 10.0 Å². The van der Waals surface area contributed by atoms with Gasteiger partial charge in [0.1, 0.15) is 0 Å². The molecule has 0 amide bonds. The van der Waals surface area contributed by atoms with Crippen LogP contribution in [0.4, 0.5) is 0 Å². The lowest BCUT2D eigenvalue weighted by molar-refractivity contribution is 0.357. The maximum atomic E-state index is 12.4. The lowest BCUT2D eigenvalue weighted by Crippen LogP contribution is -2.31. The summed E-state index contributed by atoms with van der Waals surface area (Å²) in [6, 6.07) is 7.17. The van der Waals surface area contributed by atoms with E-state index in [1.165, 1.54) is 19.3 Å². The zero-order valence-electron chi connectivity index (χ0n) is 12.1. The Bertz CT molecular complexity index is 522. The highest BCUT2D eigenvalue weighted by Gasteiger charge is 2.20. The van der Waals surface area contributed by atoms with Gasteiger partial charge in [0.25, 0.3) is 0 Å². The summed E-state index contributed by atoms with van der Waals surface area (Å²) in [7, 11) is -1.58. The van der Waals surface area contributed by atoms with Crippen molar-refractivity contribution in [1.82, 2.24) is 10.0 Å². The van der Waals surface area contributed by atoms with Crippen LogP contribution < -0.4 is 10.0 Å². The normalized spacial score (nSPS) is 17.2. The van der Waals surface area contributed by atoms with Gasteiger partial charge in [0.15, 0.2) is 0 Å². The topological polar surface area (TPSA) is 58.2 Å². The maximum Gasteiger partial charge on any atom is 0.240 e. The van der Waals surface area contributed by atoms with Crippen LogP contribution in [0.25, 0.3) is 0 Å². The Morgan fingerprint density at radius 1 is 1.15 bits per heavy atom. The summed E-state index contributed by atoms with van der Waals surface area (Å²) in [5.41, 5.74) is 0.811. The van der Waals surface area contributed by atoms with E-state index in [2.05, 4.69) is 10.0 Å². The van der Waals surface area contributed by atoms with Crippen molar-refractivity contribution in [3.8, 4) is 0 Å². The van der Waals surface area contributed by atoms with E-state index in [0.717, 1.165) is 18.4 Å². The fourth-order valence-corrected chi connectivity index (χ4v) is 4.15. The van der Waals surface area contributed by atoms with Gasteiger partial charge in [-0.2, -0.15) is 0 Å². The fraction of sp³-hybridized carbons (Fsp3) is 0.600. The van der Waals surface area contributed by atoms with Gasteiger partial charge in [-0.05, 0) is 37.4 Å². The second-order valence-electron chi connectivity index (χ2n) is 5.49. The molecule has 0 heterocycles. The van der Waals surface area contributed by atoms with E-state index in [1.54, 1.807) is 12.1 Å². The summed E-state index contributed by atoms with van der Waals surface area (Å²) in [6.45, 7) is 1.12. The van der Waals surface area contributed by atoms with Gasteiger partial charge in [-0.25, -0.2) is 13.1 Å². The van der Waals surface area contributed by atoms with Gasteiger partial charge in [0, 0.05) is 13.1 Å². The zero-order chi connectivity index (χ0) is 14.4. The van der Waals surface area contributed by atoms with Crippen LogP contribution in [0.2, 0.25) is 0 Å². The summed E-state index contributed by atoms with van der Waals surface area (Å²) >= 11 is 0. The Kier molecular flexibility index (Phi) is 5.57. The largest absolute Gasteiger partial charge is 0.316 e. The summed E-state index contributed by atoms with van der Waals surface area (Å²) in [4.78, 5) is 0.394. The molecule has 1 aliphatic rings. The van der Waals surface area contributed by atoms with E-state index in [0.29, 0.717) is 23.9 Å². The van der Waals surface area contributed by atoms with Crippen LogP contribution in [0.1, 0.15) is 37.7 Å². The van der Waals surface area contributed by atoms with E-state index in [1.807, 2.05) is 19.2 Å². The molecule has 20 heavy (non-hydrogen) atoms. The first-order chi connectivity index (χ1) is 9.63. The van der Waals surface area contributed by atoms with Crippen LogP contribution in [0.5, 0.6) is 0 Å². The van der Waals surface area contributed by atoms with Gasteiger partial charge in [0.2, 0.25) is 10.0 Å². The predicted octanol–water partition coefficient (Wildman–Crippen LogP) is 2.26. The molecule has 1 aliphatic carbocycles. The van der Waals surface area contributed by atoms with Gasteiger partial charge in [-0.15, -0.1) is 0 Å². The molecule has 1 aromatic carbocycles. The summed E-state index contributed by atoms with van der Waals surface area (Å²) in [6.07, 6.45) is 6.01. The van der Waals surface area contributed by atoms with Crippen molar-refractivity contribution in [2.75, 3.05) is 13.6 Å². The number of hydrogen-bond donors (Lipinski definition) is 2. The third-order valence-electron chi connectivity index (χ3n) is 3.92. The third-order valence-corrected chi connectivity index (χ3v) is 5.44. The van der Waals surface area contributed by atoms with Crippen LogP contribution >= 0.6 is 0 Å². The van der Waals surface area contributed by atoms with Crippen molar-refractivity contribution in [3.05, 3.63) is 29.8 Å². The molecule has 0 aromatic heterocycles. The van der Waals surface area contributed by atoms with E-state index in [4.69, 9.17) is 0 Å². The number of sulfonamides is 1. The van der Waals surface area contributed by atoms with E-state index >= 15 is 0 Å². The van der Waals surface area contributed by atoms with Crippen molar-refractivity contribution in [2.45, 2.75) is 43.5 Å². The molecule has 112 valence electrons. The minimum absolute atomic E-state index is 0.394. The molecule has 0 saturated heterocycles. The highest BCUT2D eigenvalue weighted by Crippen LogP contribution is 2.23. The molecule has 0 aliphatic heterocycles. The van der Waals surface area contributed by atoms with Crippen LogP contribution in [-0.2, 0) is 16.6 Å². The van der Waals surface area contributed by atoms with Crippen molar-refractivity contribution in [2.24, 2.45) is 5.92 Å². The number of hydrogen-bond acceptors (Lipinski definition) is 3. The second kappa shape index (κ2) is 7.20. The molecule has 0 bridgehead atoms. The lowest BCUT2D eigenvalue weighted by atomic mass is 9.90. The van der Waals surface area contributed by atoms with Crippen molar-refractivity contribution >= 4 is 10.0 Å². The fourth-order valence-electron chi connectivity index (χ4n) is 2.80. The average molecular weight is 296 g/mol. The molecular weight excluding hydrogens is 272 g/mol. The molecule has 2 N–H and O–H groups in total. The standard InChI is InChI=1S/C15H24N2O2S/c1-16-12-14-9-5-6-10-15(14)20(18,19)17-11-13-7-3-2-4-8-13/h5-6,9-10,13,16-17H,2-4,7-8,11-12H2,1H3. The Hall–Kier alpha value is -0.910. The van der Waals surface area contributed by atoms with Gasteiger partial charge in [-0.1, -0.05) is 37.5 Å². The summed E-state index contributed by atoms with van der Waals surface area (Å²) in [5.74, 6) is 0.495. The molecule has 1 saturated carbocycles. The Morgan fingerprint density at radius 2 is 1.85 bits per heavy atom. The van der Waals surface area contributed by atoms with Crippen LogP contribution in [0.3, 0.4) is 0 Å². The Morgan fingerprint density at radius 3 is 2.55 bits per heavy atom. The molecule has 1 fully saturated rings. The van der Waals surface area contributed by atoms with E-state index in [-0.39, 0.29) is 0 Å². The van der Waals surface area contributed by atoms with Crippen LogP contribution in [0.15, 0.2) is 29.2 Å². The maximum absolute atomic E-state index is 12.4. The molecule has 5 heteroatoms. The van der Waals surface area contributed by atoms with Gasteiger partial charge in [-0.3, -0.25) is 0 Å². The van der Waals surface area contributed by atoms with E-state index in [9.17, 15) is 8.42 Å². The first-order valence-electron chi connectivity index (χ1n) is 7.35. The highest BCUT2D eigenvalue weighted by molar-refractivity contribution is 7.89. The minimum Gasteiger partial charge on any atom is -0.316 e. The molecule has 0 unspecified atom stereocenters. The SMILES string of the molecule is CNCc1ccccc1S(=O)(=O)NCC1CCCCC1. The number of nitrogens with one attached hydrogen (secondary N) is 2. The summed E-state index contributed by atoms with van der Waals surface area (Å²) < 4.78 is 27.7. The predicted molar refractivity (Wildman–Crippen MR) is 81.0 cm³/mol. The van der Waals surface area contributed by atoms with Gasteiger partial charge >= 0.3 is 0 Å². The third kappa shape index (κ3) is 4.04. The molecule has 2 rings (SSSR count). The van der Waals surface area contributed by atoms with Crippen LogP contribution in [-0.4, -0.2) is 22.0 Å². The second-order valence-corrected chi connectivity index (χ2v) is 7.23. The average Bonchev–Trinajstić information content (AvgIpc) is 2.47. The Labute approximate surface area is 122 Å². The highest BCUT2D eigenvalue weighted by atomic mass is 32.2. The lowest BCUT2D eigenvalue weighted by Gasteiger charge is -2.22. The summed E-state index contributed by atoms with van der Waals surface area (Å²) in [5, 5.41) is 3.01.